The van der Waals surface area contributed by atoms with Gasteiger partial charge in [-0.05, 0) is 43.9 Å². The van der Waals surface area contributed by atoms with Crippen LogP contribution in [0, 0.1) is 5.92 Å². The summed E-state index contributed by atoms with van der Waals surface area (Å²) in [4.78, 5) is 14.2. The molecule has 0 bridgehead atoms. The molecule has 1 aliphatic rings. The normalized spacial score (nSPS) is 21.2. The molecule has 1 aromatic rings. The van der Waals surface area contributed by atoms with E-state index in [0.29, 0.717) is 18.0 Å². The highest BCUT2D eigenvalue weighted by atomic mass is 79.9. The van der Waals surface area contributed by atoms with E-state index in [-0.39, 0.29) is 17.7 Å². The Kier molecular flexibility index (Phi) is 4.47. The van der Waals surface area contributed by atoms with Crippen molar-refractivity contribution in [1.29, 1.82) is 0 Å². The molecule has 1 fully saturated rings. The molecular weight excluding hydrogens is 308 g/mol. The molecule has 4 nitrogen and oxygen atoms in total. The first-order valence-corrected chi connectivity index (χ1v) is 7.31. The van der Waals surface area contributed by atoms with Crippen molar-refractivity contribution in [3.63, 3.8) is 0 Å². The van der Waals surface area contributed by atoms with E-state index in [4.69, 9.17) is 5.73 Å². The number of hydrogen-bond acceptors (Lipinski definition) is 3. The molecule has 19 heavy (non-hydrogen) atoms. The fourth-order valence-electron chi connectivity index (χ4n) is 2.48. The summed E-state index contributed by atoms with van der Waals surface area (Å²) >= 11 is 3.27. The maximum atomic E-state index is 12.4. The standard InChI is InChI=1S/C14H19BrN2O2/c1-9(16)10-3-2-6-17(8-10)14(19)12-5-4-11(15)7-13(12)18/h4-5,7,9-10,18H,2-3,6,8,16H2,1H3. The minimum Gasteiger partial charge on any atom is -0.507 e. The summed E-state index contributed by atoms with van der Waals surface area (Å²) in [6.07, 6.45) is 2.03. The van der Waals surface area contributed by atoms with Crippen LogP contribution >= 0.6 is 15.9 Å². The largest absolute Gasteiger partial charge is 0.507 e. The highest BCUT2D eigenvalue weighted by Crippen LogP contribution is 2.26. The molecule has 0 aliphatic carbocycles. The average Bonchev–Trinajstić information content (AvgIpc) is 2.38. The second-order valence-electron chi connectivity index (χ2n) is 5.17. The Morgan fingerprint density at radius 3 is 2.95 bits per heavy atom. The Bertz CT molecular complexity index is 477. The quantitative estimate of drug-likeness (QED) is 0.876. The van der Waals surface area contributed by atoms with Gasteiger partial charge in [-0.3, -0.25) is 4.79 Å². The minimum atomic E-state index is -0.115. The van der Waals surface area contributed by atoms with Gasteiger partial charge in [0.05, 0.1) is 5.56 Å². The first-order chi connectivity index (χ1) is 8.99. The molecule has 1 aromatic carbocycles. The van der Waals surface area contributed by atoms with Crippen LogP contribution in [0.15, 0.2) is 22.7 Å². The van der Waals surface area contributed by atoms with Crippen molar-refractivity contribution in [3.05, 3.63) is 28.2 Å². The number of amides is 1. The van der Waals surface area contributed by atoms with Gasteiger partial charge in [0.1, 0.15) is 5.75 Å². The molecule has 0 radical (unpaired) electrons. The third-order valence-corrected chi connectivity index (χ3v) is 4.17. The van der Waals surface area contributed by atoms with Crippen molar-refractivity contribution in [2.24, 2.45) is 11.7 Å². The van der Waals surface area contributed by atoms with Crippen molar-refractivity contribution in [1.82, 2.24) is 4.90 Å². The lowest BCUT2D eigenvalue weighted by Gasteiger charge is -2.34. The number of benzene rings is 1. The summed E-state index contributed by atoms with van der Waals surface area (Å²) < 4.78 is 0.758. The predicted molar refractivity (Wildman–Crippen MR) is 78.1 cm³/mol. The zero-order valence-corrected chi connectivity index (χ0v) is 12.6. The minimum absolute atomic E-state index is 0.0160. The van der Waals surface area contributed by atoms with Gasteiger partial charge in [0.2, 0.25) is 0 Å². The second-order valence-corrected chi connectivity index (χ2v) is 6.09. The highest BCUT2D eigenvalue weighted by Gasteiger charge is 2.27. The van der Waals surface area contributed by atoms with Gasteiger partial charge in [-0.15, -0.1) is 0 Å². The molecule has 3 N–H and O–H groups in total. The lowest BCUT2D eigenvalue weighted by atomic mass is 9.92. The van der Waals surface area contributed by atoms with E-state index in [9.17, 15) is 9.90 Å². The first kappa shape index (κ1) is 14.3. The smallest absolute Gasteiger partial charge is 0.257 e. The maximum absolute atomic E-state index is 12.4. The van der Waals surface area contributed by atoms with Crippen molar-refractivity contribution < 1.29 is 9.90 Å². The number of phenolic OH excluding ortho intramolecular Hbond substituents is 1. The molecule has 5 heteroatoms. The van der Waals surface area contributed by atoms with Crippen LogP contribution < -0.4 is 5.73 Å². The Hall–Kier alpha value is -1.07. The van der Waals surface area contributed by atoms with E-state index in [1.165, 1.54) is 0 Å². The number of piperidine rings is 1. The molecule has 1 amide bonds. The van der Waals surface area contributed by atoms with Crippen LogP contribution in [-0.4, -0.2) is 35.0 Å². The van der Waals surface area contributed by atoms with Crippen molar-refractivity contribution in [2.45, 2.75) is 25.8 Å². The number of rotatable bonds is 2. The van der Waals surface area contributed by atoms with Crippen LogP contribution in [0.3, 0.4) is 0 Å². The Morgan fingerprint density at radius 2 is 2.32 bits per heavy atom. The van der Waals surface area contributed by atoms with E-state index >= 15 is 0 Å². The van der Waals surface area contributed by atoms with E-state index in [1.807, 2.05) is 6.92 Å². The average molecular weight is 327 g/mol. The van der Waals surface area contributed by atoms with E-state index in [0.717, 1.165) is 23.9 Å². The van der Waals surface area contributed by atoms with Gasteiger partial charge < -0.3 is 15.7 Å². The van der Waals surface area contributed by atoms with Crippen LogP contribution in [0.25, 0.3) is 0 Å². The number of nitrogens with zero attached hydrogens (tertiary/aromatic N) is 1. The van der Waals surface area contributed by atoms with Gasteiger partial charge in [-0.2, -0.15) is 0 Å². The van der Waals surface area contributed by atoms with E-state index < -0.39 is 0 Å². The zero-order valence-electron chi connectivity index (χ0n) is 11.0. The Morgan fingerprint density at radius 1 is 1.58 bits per heavy atom. The molecule has 0 saturated carbocycles. The van der Waals surface area contributed by atoms with Crippen LogP contribution in [0.5, 0.6) is 5.75 Å². The predicted octanol–water partition coefficient (Wildman–Crippen LogP) is 2.35. The molecule has 1 heterocycles. The molecule has 2 rings (SSSR count). The SMILES string of the molecule is CC(N)C1CCCN(C(=O)c2ccc(Br)cc2O)C1. The lowest BCUT2D eigenvalue weighted by molar-refractivity contribution is 0.0658. The van der Waals surface area contributed by atoms with E-state index in [1.54, 1.807) is 23.1 Å². The van der Waals surface area contributed by atoms with Gasteiger partial charge in [0.25, 0.3) is 5.91 Å². The first-order valence-electron chi connectivity index (χ1n) is 6.52. The Labute approximate surface area is 121 Å². The maximum Gasteiger partial charge on any atom is 0.257 e. The fourth-order valence-corrected chi connectivity index (χ4v) is 2.83. The Balaban J connectivity index is 2.15. The molecule has 1 aliphatic heterocycles. The number of carbonyl (C=O) groups is 1. The van der Waals surface area contributed by atoms with Crippen molar-refractivity contribution >= 4 is 21.8 Å². The third kappa shape index (κ3) is 3.28. The van der Waals surface area contributed by atoms with Crippen LogP contribution in [-0.2, 0) is 0 Å². The fraction of sp³-hybridized carbons (Fsp3) is 0.500. The van der Waals surface area contributed by atoms with Crippen LogP contribution in [0.1, 0.15) is 30.1 Å². The molecule has 0 spiro atoms. The molecule has 1 saturated heterocycles. The van der Waals surface area contributed by atoms with Gasteiger partial charge in [0, 0.05) is 23.6 Å². The number of carbonyl (C=O) groups excluding carboxylic acids is 1. The van der Waals surface area contributed by atoms with E-state index in [2.05, 4.69) is 15.9 Å². The summed E-state index contributed by atoms with van der Waals surface area (Å²) in [5.74, 6) is 0.243. The molecule has 2 unspecified atom stereocenters. The number of halogens is 1. The third-order valence-electron chi connectivity index (χ3n) is 3.68. The number of aromatic hydroxyl groups is 1. The topological polar surface area (TPSA) is 66.6 Å². The summed E-state index contributed by atoms with van der Waals surface area (Å²) in [7, 11) is 0. The zero-order chi connectivity index (χ0) is 14.0. The molecule has 0 aromatic heterocycles. The number of nitrogens with two attached hydrogens (primary N) is 1. The summed E-state index contributed by atoms with van der Waals surface area (Å²) in [5, 5.41) is 9.87. The summed E-state index contributed by atoms with van der Waals surface area (Å²) in [5.41, 5.74) is 6.28. The highest BCUT2D eigenvalue weighted by molar-refractivity contribution is 9.10. The van der Waals surface area contributed by atoms with Crippen molar-refractivity contribution in [2.75, 3.05) is 13.1 Å². The summed E-state index contributed by atoms with van der Waals surface area (Å²) in [6, 6.07) is 5.05. The molecular formula is C14H19BrN2O2. The second kappa shape index (κ2) is 5.92. The summed E-state index contributed by atoms with van der Waals surface area (Å²) in [6.45, 7) is 3.39. The molecule has 104 valence electrons. The number of likely N-dealkylation sites (tertiary alicyclic amines) is 1. The number of hydrogen-bond donors (Lipinski definition) is 2. The number of phenols is 1. The van der Waals surface area contributed by atoms with Gasteiger partial charge in [0.15, 0.2) is 0 Å². The van der Waals surface area contributed by atoms with Gasteiger partial charge >= 0.3 is 0 Å². The van der Waals surface area contributed by atoms with Gasteiger partial charge in [-0.1, -0.05) is 15.9 Å². The van der Waals surface area contributed by atoms with Crippen LogP contribution in [0.4, 0.5) is 0 Å². The molecule has 2 atom stereocenters. The monoisotopic (exact) mass is 326 g/mol. The van der Waals surface area contributed by atoms with Crippen LogP contribution in [0.2, 0.25) is 0 Å². The van der Waals surface area contributed by atoms with Gasteiger partial charge in [-0.25, -0.2) is 0 Å². The lowest BCUT2D eigenvalue weighted by Crippen LogP contribution is -2.45. The van der Waals surface area contributed by atoms with Crippen molar-refractivity contribution in [3.8, 4) is 5.75 Å².